The Kier molecular flexibility index (Phi) is 4.65. The van der Waals surface area contributed by atoms with E-state index in [9.17, 15) is 0 Å². The second-order valence-electron chi connectivity index (χ2n) is 7.85. The first-order chi connectivity index (χ1) is 7.59. The third kappa shape index (κ3) is 4.97. The van der Waals surface area contributed by atoms with E-state index in [1.807, 2.05) is 0 Å². The van der Waals surface area contributed by atoms with Gasteiger partial charge in [0.1, 0.15) is 0 Å². The van der Waals surface area contributed by atoms with Crippen LogP contribution in [0, 0.1) is 5.41 Å². The van der Waals surface area contributed by atoms with Gasteiger partial charge in [-0.2, -0.15) is 0 Å². The molecule has 0 aromatic rings. The molecule has 0 N–H and O–H groups in total. The summed E-state index contributed by atoms with van der Waals surface area (Å²) in [5.41, 5.74) is 0.788. The third-order valence-corrected chi connectivity index (χ3v) is 3.95. The van der Waals surface area contributed by atoms with Crippen LogP contribution < -0.4 is 0 Å². The molecule has 0 radical (unpaired) electrons. The fourth-order valence-corrected chi connectivity index (χ4v) is 2.41. The molecule has 1 aliphatic rings. The second-order valence-corrected chi connectivity index (χ2v) is 7.85. The molecule has 102 valence electrons. The predicted molar refractivity (Wildman–Crippen MR) is 76.4 cm³/mol. The van der Waals surface area contributed by atoms with Crippen LogP contribution in [-0.2, 0) is 0 Å². The fourth-order valence-electron chi connectivity index (χ4n) is 2.41. The number of hydrogen-bond acceptors (Lipinski definition) is 2. The summed E-state index contributed by atoms with van der Waals surface area (Å²) in [7, 11) is 2.29. The topological polar surface area (TPSA) is 6.48 Å². The summed E-state index contributed by atoms with van der Waals surface area (Å²) in [6.07, 6.45) is 2.62. The van der Waals surface area contributed by atoms with Crippen molar-refractivity contribution in [1.82, 2.24) is 9.80 Å². The Morgan fingerprint density at radius 3 is 2.12 bits per heavy atom. The second kappa shape index (κ2) is 5.27. The molecule has 17 heavy (non-hydrogen) atoms. The van der Waals surface area contributed by atoms with Crippen molar-refractivity contribution in [2.24, 2.45) is 5.41 Å². The van der Waals surface area contributed by atoms with Crippen LogP contribution in [0.3, 0.4) is 0 Å². The van der Waals surface area contributed by atoms with Crippen LogP contribution in [0.25, 0.3) is 0 Å². The van der Waals surface area contributed by atoms with Crippen LogP contribution in [0.4, 0.5) is 0 Å². The molecule has 2 nitrogen and oxygen atoms in total. The highest BCUT2D eigenvalue weighted by Crippen LogP contribution is 2.24. The summed E-state index contributed by atoms with van der Waals surface area (Å²) < 4.78 is 0. The smallest absolute Gasteiger partial charge is 0.0232 e. The minimum absolute atomic E-state index is 0.333. The number of rotatable bonds is 3. The lowest BCUT2D eigenvalue weighted by Crippen LogP contribution is -2.42. The maximum Gasteiger partial charge on any atom is 0.0232 e. The fraction of sp³-hybridized carbons (Fsp3) is 1.00. The first-order valence-corrected chi connectivity index (χ1v) is 7.05. The van der Waals surface area contributed by atoms with Gasteiger partial charge in [-0.1, -0.05) is 20.8 Å². The average Bonchev–Trinajstić information content (AvgIpc) is 2.60. The minimum Gasteiger partial charge on any atom is -0.302 e. The molecule has 1 saturated heterocycles. The maximum absolute atomic E-state index is 2.62. The average molecular weight is 240 g/mol. The minimum atomic E-state index is 0.333. The van der Waals surface area contributed by atoms with Gasteiger partial charge in [0.15, 0.2) is 0 Å². The predicted octanol–water partition coefficient (Wildman–Crippen LogP) is 3.23. The van der Waals surface area contributed by atoms with E-state index >= 15 is 0 Å². The zero-order chi connectivity index (χ0) is 13.3. The molecule has 1 heterocycles. The van der Waals surface area contributed by atoms with Gasteiger partial charge in [-0.05, 0) is 52.6 Å². The largest absolute Gasteiger partial charge is 0.302 e. The van der Waals surface area contributed by atoms with Crippen LogP contribution in [0.15, 0.2) is 0 Å². The van der Waals surface area contributed by atoms with E-state index in [0.29, 0.717) is 11.0 Å². The van der Waals surface area contributed by atoms with Crippen molar-refractivity contribution in [2.75, 3.05) is 26.7 Å². The van der Waals surface area contributed by atoms with Crippen LogP contribution in [0.5, 0.6) is 0 Å². The molecule has 0 bridgehead atoms. The van der Waals surface area contributed by atoms with Crippen LogP contribution >= 0.6 is 0 Å². The molecule has 0 spiro atoms. The standard InChI is InChI=1S/C15H32N2/c1-14(2,3)9-11-16(7)13-8-10-17(12-13)15(4,5)6/h13H,8-12H2,1-7H3. The van der Waals surface area contributed by atoms with Gasteiger partial charge in [0.2, 0.25) is 0 Å². The summed E-state index contributed by atoms with van der Waals surface area (Å²) in [5, 5.41) is 0. The van der Waals surface area contributed by atoms with Gasteiger partial charge < -0.3 is 4.90 Å². The van der Waals surface area contributed by atoms with E-state index in [-0.39, 0.29) is 0 Å². The molecule has 1 rings (SSSR count). The molecular formula is C15H32N2. The molecule has 0 aromatic heterocycles. The lowest BCUT2D eigenvalue weighted by atomic mass is 9.92. The molecule has 1 fully saturated rings. The zero-order valence-corrected chi connectivity index (χ0v) is 13.0. The molecule has 1 aliphatic heterocycles. The lowest BCUT2D eigenvalue weighted by Gasteiger charge is -2.33. The zero-order valence-electron chi connectivity index (χ0n) is 13.0. The first kappa shape index (κ1) is 15.0. The normalized spacial score (nSPS) is 23.6. The number of likely N-dealkylation sites (N-methyl/N-ethyl adjacent to an activating group) is 1. The van der Waals surface area contributed by atoms with Gasteiger partial charge >= 0.3 is 0 Å². The first-order valence-electron chi connectivity index (χ1n) is 7.05. The summed E-state index contributed by atoms with van der Waals surface area (Å²) in [6.45, 7) is 17.7. The Morgan fingerprint density at radius 2 is 1.71 bits per heavy atom. The summed E-state index contributed by atoms with van der Waals surface area (Å²) in [5.74, 6) is 0. The highest BCUT2D eigenvalue weighted by atomic mass is 15.3. The summed E-state index contributed by atoms with van der Waals surface area (Å²) in [4.78, 5) is 5.18. The molecule has 0 aliphatic carbocycles. The molecular weight excluding hydrogens is 208 g/mol. The monoisotopic (exact) mass is 240 g/mol. The number of hydrogen-bond donors (Lipinski definition) is 0. The Hall–Kier alpha value is -0.0800. The van der Waals surface area contributed by atoms with Crippen molar-refractivity contribution < 1.29 is 0 Å². The van der Waals surface area contributed by atoms with E-state index < -0.39 is 0 Å². The van der Waals surface area contributed by atoms with Crippen LogP contribution in [0.1, 0.15) is 54.4 Å². The Morgan fingerprint density at radius 1 is 1.12 bits per heavy atom. The van der Waals surface area contributed by atoms with Gasteiger partial charge in [-0.3, -0.25) is 4.90 Å². The van der Waals surface area contributed by atoms with E-state index in [4.69, 9.17) is 0 Å². The quantitative estimate of drug-likeness (QED) is 0.747. The Bertz CT molecular complexity index is 234. The molecule has 2 heteroatoms. The molecule has 0 saturated carbocycles. The lowest BCUT2D eigenvalue weighted by molar-refractivity contribution is 0.148. The number of likely N-dealkylation sites (tertiary alicyclic amines) is 1. The summed E-state index contributed by atoms with van der Waals surface area (Å²) >= 11 is 0. The maximum atomic E-state index is 2.62. The Balaban J connectivity index is 2.38. The van der Waals surface area contributed by atoms with E-state index in [1.165, 1.54) is 32.5 Å². The molecule has 0 amide bonds. The van der Waals surface area contributed by atoms with Gasteiger partial charge in [0.25, 0.3) is 0 Å². The van der Waals surface area contributed by atoms with E-state index in [0.717, 1.165) is 6.04 Å². The highest BCUT2D eigenvalue weighted by molar-refractivity contribution is 4.88. The van der Waals surface area contributed by atoms with E-state index in [2.05, 4.69) is 58.4 Å². The third-order valence-electron chi connectivity index (χ3n) is 3.95. The molecule has 0 aromatic carbocycles. The van der Waals surface area contributed by atoms with Crippen molar-refractivity contribution in [3.63, 3.8) is 0 Å². The van der Waals surface area contributed by atoms with Crippen molar-refractivity contribution in [3.05, 3.63) is 0 Å². The van der Waals surface area contributed by atoms with Crippen molar-refractivity contribution >= 4 is 0 Å². The van der Waals surface area contributed by atoms with Crippen molar-refractivity contribution in [2.45, 2.75) is 66.0 Å². The van der Waals surface area contributed by atoms with Gasteiger partial charge in [-0.15, -0.1) is 0 Å². The van der Waals surface area contributed by atoms with Crippen molar-refractivity contribution in [3.8, 4) is 0 Å². The van der Waals surface area contributed by atoms with E-state index in [1.54, 1.807) is 0 Å². The SMILES string of the molecule is CN(CCC(C)(C)C)C1CCN(C(C)(C)C)C1. The molecule has 1 unspecified atom stereocenters. The Labute approximate surface area is 108 Å². The van der Waals surface area contributed by atoms with Gasteiger partial charge in [-0.25, -0.2) is 0 Å². The highest BCUT2D eigenvalue weighted by Gasteiger charge is 2.32. The van der Waals surface area contributed by atoms with Crippen LogP contribution in [-0.4, -0.2) is 48.1 Å². The summed E-state index contributed by atoms with van der Waals surface area (Å²) in [6, 6.07) is 0.761. The van der Waals surface area contributed by atoms with Crippen molar-refractivity contribution in [1.29, 1.82) is 0 Å². The van der Waals surface area contributed by atoms with Gasteiger partial charge in [0.05, 0.1) is 0 Å². The molecule has 1 atom stereocenters. The van der Waals surface area contributed by atoms with Crippen LogP contribution in [0.2, 0.25) is 0 Å². The number of nitrogens with zero attached hydrogens (tertiary/aromatic N) is 2. The van der Waals surface area contributed by atoms with Gasteiger partial charge in [0, 0.05) is 24.7 Å².